The van der Waals surface area contributed by atoms with Gasteiger partial charge in [-0.15, -0.1) is 0 Å². The zero-order valence-corrected chi connectivity index (χ0v) is 18.7. The average molecular weight is 471 g/mol. The summed E-state index contributed by atoms with van der Waals surface area (Å²) in [6.07, 6.45) is 0.0613. The molecule has 9 nitrogen and oxygen atoms in total. The van der Waals surface area contributed by atoms with Gasteiger partial charge < -0.3 is 21.7 Å². The van der Waals surface area contributed by atoms with E-state index in [9.17, 15) is 23.4 Å². The highest BCUT2D eigenvalue weighted by Gasteiger charge is 2.35. The van der Waals surface area contributed by atoms with E-state index in [-0.39, 0.29) is 24.5 Å². The van der Waals surface area contributed by atoms with Crippen LogP contribution in [0.3, 0.4) is 0 Å². The van der Waals surface area contributed by atoms with E-state index in [1.807, 2.05) is 30.3 Å². The highest BCUT2D eigenvalue weighted by atomic mass is 32.2. The van der Waals surface area contributed by atoms with Crippen molar-refractivity contribution in [3.8, 4) is 0 Å². The summed E-state index contributed by atoms with van der Waals surface area (Å²) in [6.45, 7) is 0. The van der Waals surface area contributed by atoms with Crippen molar-refractivity contribution < 1.29 is 23.4 Å². The molecule has 5 N–H and O–H groups in total. The lowest BCUT2D eigenvalue weighted by Crippen LogP contribution is -2.63. The standard InChI is InChI=1S/C23H26N4O5S/c24-21(29)17(11-12-33(32)16-9-5-2-6-10-16)25-20(28)14-19-23(31)26-18(22(30)27-19)13-15-7-3-1-4-8-15/h1-10,17-19H,11-14H2,(H2,24,29)(H,25,28)(H,26,31)(H,27,30)/t17-,18+,19+,33-/m1/s1. The Labute approximate surface area is 194 Å². The molecule has 4 atom stereocenters. The minimum absolute atomic E-state index is 0.0744. The first-order valence-electron chi connectivity index (χ1n) is 10.5. The number of carbonyl (C=O) groups excluding carboxylic acids is 4. The van der Waals surface area contributed by atoms with Crippen molar-refractivity contribution >= 4 is 34.4 Å². The third-order valence-corrected chi connectivity index (χ3v) is 6.62. The molecule has 0 aromatic heterocycles. The van der Waals surface area contributed by atoms with Crippen LogP contribution in [-0.4, -0.2) is 51.7 Å². The Balaban J connectivity index is 1.51. The summed E-state index contributed by atoms with van der Waals surface area (Å²) < 4.78 is 12.4. The van der Waals surface area contributed by atoms with Crippen molar-refractivity contribution in [2.45, 2.75) is 42.3 Å². The van der Waals surface area contributed by atoms with E-state index in [1.165, 1.54) is 0 Å². The van der Waals surface area contributed by atoms with E-state index < -0.39 is 46.6 Å². The number of nitrogens with two attached hydrogens (primary N) is 1. The average Bonchev–Trinajstić information content (AvgIpc) is 2.80. The Hall–Kier alpha value is -3.53. The molecule has 4 amide bonds. The maximum Gasteiger partial charge on any atom is 0.243 e. The van der Waals surface area contributed by atoms with Crippen molar-refractivity contribution in [2.24, 2.45) is 5.73 Å². The molecule has 0 saturated carbocycles. The maximum atomic E-state index is 12.4. The number of amides is 4. The van der Waals surface area contributed by atoms with Crippen LogP contribution in [0.2, 0.25) is 0 Å². The molecule has 174 valence electrons. The molecule has 33 heavy (non-hydrogen) atoms. The number of piperazine rings is 1. The summed E-state index contributed by atoms with van der Waals surface area (Å²) in [5.41, 5.74) is 6.28. The first-order chi connectivity index (χ1) is 15.8. The molecule has 1 fully saturated rings. The van der Waals surface area contributed by atoms with Crippen LogP contribution in [0.25, 0.3) is 0 Å². The van der Waals surface area contributed by atoms with Crippen LogP contribution in [0.4, 0.5) is 0 Å². The Kier molecular flexibility index (Phi) is 8.31. The highest BCUT2D eigenvalue weighted by molar-refractivity contribution is 7.85. The third kappa shape index (κ3) is 6.98. The molecule has 1 aliphatic rings. The van der Waals surface area contributed by atoms with Gasteiger partial charge in [0.15, 0.2) is 0 Å². The zero-order valence-electron chi connectivity index (χ0n) is 17.9. The fraction of sp³-hybridized carbons (Fsp3) is 0.304. The van der Waals surface area contributed by atoms with Crippen molar-refractivity contribution in [1.82, 2.24) is 16.0 Å². The lowest BCUT2D eigenvalue weighted by Gasteiger charge is -2.29. The van der Waals surface area contributed by atoms with Crippen LogP contribution < -0.4 is 21.7 Å². The Morgan fingerprint density at radius 2 is 1.52 bits per heavy atom. The van der Waals surface area contributed by atoms with Crippen molar-refractivity contribution in [1.29, 1.82) is 0 Å². The Morgan fingerprint density at radius 1 is 0.939 bits per heavy atom. The van der Waals surface area contributed by atoms with E-state index in [1.54, 1.807) is 30.3 Å². The Bertz CT molecular complexity index is 1030. The number of primary amides is 1. The van der Waals surface area contributed by atoms with Crippen LogP contribution in [0.1, 0.15) is 18.4 Å². The molecule has 1 heterocycles. The normalized spacial score (nSPS) is 19.6. The number of nitrogens with one attached hydrogen (secondary N) is 3. The van der Waals surface area contributed by atoms with Gasteiger partial charge >= 0.3 is 0 Å². The Morgan fingerprint density at radius 3 is 2.15 bits per heavy atom. The van der Waals surface area contributed by atoms with Gasteiger partial charge in [0.2, 0.25) is 23.6 Å². The van der Waals surface area contributed by atoms with Crippen LogP contribution in [0, 0.1) is 0 Å². The second-order valence-electron chi connectivity index (χ2n) is 7.69. The predicted molar refractivity (Wildman–Crippen MR) is 122 cm³/mol. The molecule has 10 heteroatoms. The van der Waals surface area contributed by atoms with Crippen LogP contribution >= 0.6 is 0 Å². The maximum absolute atomic E-state index is 12.4. The minimum atomic E-state index is -1.35. The fourth-order valence-corrected chi connectivity index (χ4v) is 4.60. The topological polar surface area (TPSA) is 147 Å². The van der Waals surface area contributed by atoms with Gasteiger partial charge in [-0.05, 0) is 24.1 Å². The van der Waals surface area contributed by atoms with E-state index in [2.05, 4.69) is 16.0 Å². The van der Waals surface area contributed by atoms with Crippen LogP contribution in [-0.2, 0) is 36.4 Å². The van der Waals surface area contributed by atoms with Gasteiger partial charge in [-0.25, -0.2) is 0 Å². The first kappa shape index (κ1) is 24.1. The number of rotatable bonds is 10. The zero-order chi connectivity index (χ0) is 23.8. The molecule has 0 spiro atoms. The van der Waals surface area contributed by atoms with E-state index in [4.69, 9.17) is 5.73 Å². The first-order valence-corrected chi connectivity index (χ1v) is 11.8. The van der Waals surface area contributed by atoms with E-state index in [0.29, 0.717) is 11.3 Å². The third-order valence-electron chi connectivity index (χ3n) is 5.21. The summed E-state index contributed by atoms with van der Waals surface area (Å²) in [5.74, 6) is -2.13. The molecule has 0 unspecified atom stereocenters. The molecule has 2 aromatic carbocycles. The van der Waals surface area contributed by atoms with Crippen molar-refractivity contribution in [3.05, 3.63) is 66.2 Å². The van der Waals surface area contributed by atoms with Crippen LogP contribution in [0.5, 0.6) is 0 Å². The molecular weight excluding hydrogens is 444 g/mol. The second kappa shape index (κ2) is 11.4. The van der Waals surface area contributed by atoms with E-state index >= 15 is 0 Å². The SMILES string of the molecule is NC(=O)[C@@H](CC[S@@](=O)c1ccccc1)NC(=O)C[C@@H]1NC(=O)[C@H](Cc2ccccc2)NC1=O. The smallest absolute Gasteiger partial charge is 0.243 e. The summed E-state index contributed by atoms with van der Waals surface area (Å²) >= 11 is 0. The summed E-state index contributed by atoms with van der Waals surface area (Å²) in [4.78, 5) is 49.7. The monoisotopic (exact) mass is 470 g/mol. The van der Waals surface area contributed by atoms with Gasteiger partial charge in [0.25, 0.3) is 0 Å². The van der Waals surface area contributed by atoms with E-state index in [0.717, 1.165) is 5.56 Å². The molecule has 1 aliphatic heterocycles. The summed E-state index contributed by atoms with van der Waals surface area (Å²) in [7, 11) is -1.35. The number of hydrogen-bond donors (Lipinski definition) is 4. The summed E-state index contributed by atoms with van der Waals surface area (Å²) in [5, 5.41) is 7.68. The van der Waals surface area contributed by atoms with Crippen molar-refractivity contribution in [3.63, 3.8) is 0 Å². The number of benzene rings is 2. The largest absolute Gasteiger partial charge is 0.368 e. The lowest BCUT2D eigenvalue weighted by molar-refractivity contribution is -0.138. The fourth-order valence-electron chi connectivity index (χ4n) is 3.45. The van der Waals surface area contributed by atoms with Gasteiger partial charge in [-0.1, -0.05) is 48.5 Å². The molecule has 2 aromatic rings. The number of hydrogen-bond acceptors (Lipinski definition) is 5. The predicted octanol–water partition coefficient (Wildman–Crippen LogP) is -0.230. The minimum Gasteiger partial charge on any atom is -0.368 e. The van der Waals surface area contributed by atoms with Crippen LogP contribution in [0.15, 0.2) is 65.6 Å². The van der Waals surface area contributed by atoms with Gasteiger partial charge in [-0.3, -0.25) is 23.4 Å². The quantitative estimate of drug-likeness (QED) is 0.379. The molecule has 0 bridgehead atoms. The molecule has 3 rings (SSSR count). The van der Waals surface area contributed by atoms with Gasteiger partial charge in [0, 0.05) is 17.1 Å². The molecule has 0 aliphatic carbocycles. The number of carbonyl (C=O) groups is 4. The van der Waals surface area contributed by atoms with Gasteiger partial charge in [-0.2, -0.15) is 0 Å². The van der Waals surface area contributed by atoms with Gasteiger partial charge in [0.1, 0.15) is 18.1 Å². The second-order valence-corrected chi connectivity index (χ2v) is 9.26. The van der Waals surface area contributed by atoms with Gasteiger partial charge in [0.05, 0.1) is 17.2 Å². The highest BCUT2D eigenvalue weighted by Crippen LogP contribution is 2.10. The molecule has 1 saturated heterocycles. The summed E-state index contributed by atoms with van der Waals surface area (Å²) in [6, 6.07) is 15.2. The lowest BCUT2D eigenvalue weighted by atomic mass is 10.0. The molecule has 0 radical (unpaired) electrons. The van der Waals surface area contributed by atoms with Crippen molar-refractivity contribution in [2.75, 3.05) is 5.75 Å². The molecular formula is C23H26N4O5S.